The van der Waals surface area contributed by atoms with E-state index in [1.165, 1.54) is 0 Å². The van der Waals surface area contributed by atoms with Crippen LogP contribution < -0.4 is 10.2 Å². The molecule has 2 aliphatic heterocycles. The molecule has 154 valence electrons. The highest BCUT2D eigenvalue weighted by Crippen LogP contribution is 2.36. The molecule has 0 fully saturated rings. The Bertz CT molecular complexity index is 1240. The van der Waals surface area contributed by atoms with Gasteiger partial charge in [0.25, 0.3) is 11.8 Å². The number of hydrogen-bond acceptors (Lipinski definition) is 3. The lowest BCUT2D eigenvalue weighted by Crippen LogP contribution is -2.47. The Morgan fingerprint density at radius 3 is 2.65 bits per heavy atom. The molecule has 1 atom stereocenters. The fourth-order valence-electron chi connectivity index (χ4n) is 4.06. The van der Waals surface area contributed by atoms with Crippen molar-refractivity contribution in [2.45, 2.75) is 12.6 Å². The molecule has 0 unspecified atom stereocenters. The summed E-state index contributed by atoms with van der Waals surface area (Å²) in [7, 11) is 0. The van der Waals surface area contributed by atoms with Crippen molar-refractivity contribution in [2.75, 3.05) is 11.4 Å². The molecule has 2 aliphatic rings. The average molecular weight is 417 g/mol. The van der Waals surface area contributed by atoms with Gasteiger partial charge >= 0.3 is 0 Å². The smallest absolute Gasteiger partial charge is 0.272 e. The van der Waals surface area contributed by atoms with E-state index in [1.807, 2.05) is 48.5 Å². The van der Waals surface area contributed by atoms with Crippen LogP contribution in [0, 0.1) is 11.6 Å². The number of nitrogens with zero attached hydrogens (tertiary/aromatic N) is 2. The summed E-state index contributed by atoms with van der Waals surface area (Å²) in [6.45, 7) is 0.462. The summed E-state index contributed by atoms with van der Waals surface area (Å²) in [6.07, 6.45) is -0.584. The quantitative estimate of drug-likeness (QED) is 0.710. The Balaban J connectivity index is 1.61. The van der Waals surface area contributed by atoms with Crippen molar-refractivity contribution >= 4 is 23.2 Å². The maximum atomic E-state index is 14.1. The summed E-state index contributed by atoms with van der Waals surface area (Å²) in [4.78, 5) is 32.2. The Labute approximate surface area is 177 Å². The van der Waals surface area contributed by atoms with Gasteiger partial charge in [-0.15, -0.1) is 0 Å². The Morgan fingerprint density at radius 2 is 1.84 bits per heavy atom. The highest BCUT2D eigenvalue weighted by molar-refractivity contribution is 6.21. The Hall–Kier alpha value is -3.87. The molecule has 3 aromatic rings. The largest absolute Gasteiger partial charge is 0.322 e. The molecule has 0 spiro atoms. The van der Waals surface area contributed by atoms with Gasteiger partial charge in [0.15, 0.2) is 0 Å². The number of amides is 2. The van der Waals surface area contributed by atoms with Crippen LogP contribution >= 0.6 is 0 Å². The molecule has 0 radical (unpaired) electrons. The minimum absolute atomic E-state index is 0.415. The van der Waals surface area contributed by atoms with Gasteiger partial charge in [-0.2, -0.15) is 0 Å². The van der Waals surface area contributed by atoms with Gasteiger partial charge in [-0.25, -0.2) is 13.8 Å². The van der Waals surface area contributed by atoms with Gasteiger partial charge in [0.05, 0.1) is 17.0 Å². The topological polar surface area (TPSA) is 61.8 Å². The number of halogens is 2. The normalized spacial score (nSPS) is 17.1. The molecule has 0 bridgehead atoms. The van der Waals surface area contributed by atoms with Gasteiger partial charge in [-0.3, -0.25) is 9.59 Å². The Morgan fingerprint density at radius 1 is 1.03 bits per heavy atom. The standard InChI is InChI=1S/C24H17F2N3O2/c25-16-9-10-19(26)18(13-16)23(30)28-22-24(31)29-12-11-15-7-4-8-17(21(15)29)20(27-22)14-5-2-1-3-6-14/h1-10,13,22H,11-12H2,(H,28,30)/t22-/m0/s1. The monoisotopic (exact) mass is 417 g/mol. The number of benzene rings is 3. The molecule has 0 aliphatic carbocycles. The van der Waals surface area contributed by atoms with Crippen LogP contribution in [0.2, 0.25) is 0 Å². The molecule has 1 N–H and O–H groups in total. The zero-order chi connectivity index (χ0) is 21.5. The van der Waals surface area contributed by atoms with E-state index in [0.29, 0.717) is 18.7 Å². The summed E-state index contributed by atoms with van der Waals surface area (Å²) in [6, 6.07) is 17.7. The van der Waals surface area contributed by atoms with E-state index in [0.717, 1.165) is 40.6 Å². The molecule has 3 aromatic carbocycles. The van der Waals surface area contributed by atoms with E-state index in [4.69, 9.17) is 0 Å². The third-order valence-electron chi connectivity index (χ3n) is 5.50. The second kappa shape index (κ2) is 7.43. The number of carbonyl (C=O) groups is 2. The van der Waals surface area contributed by atoms with E-state index in [1.54, 1.807) is 4.90 Å². The minimum Gasteiger partial charge on any atom is -0.322 e. The van der Waals surface area contributed by atoms with E-state index < -0.39 is 35.2 Å². The fraction of sp³-hybridized carbons (Fsp3) is 0.125. The molecule has 0 saturated heterocycles. The SMILES string of the molecule is O=C(N[C@@H]1N=C(c2ccccc2)c2cccc3c2N(CC3)C1=O)c1cc(F)ccc1F. The summed E-state index contributed by atoms with van der Waals surface area (Å²) < 4.78 is 27.7. The predicted octanol–water partition coefficient (Wildman–Crippen LogP) is 3.46. The van der Waals surface area contributed by atoms with Crippen LogP contribution in [0.15, 0.2) is 71.7 Å². The number of hydrogen-bond donors (Lipinski definition) is 1. The van der Waals surface area contributed by atoms with Crippen LogP contribution in [0.4, 0.5) is 14.5 Å². The van der Waals surface area contributed by atoms with Gasteiger partial charge in [-0.05, 0) is 30.2 Å². The average Bonchev–Trinajstić information content (AvgIpc) is 3.18. The summed E-state index contributed by atoms with van der Waals surface area (Å²) in [5, 5.41) is 2.49. The molecule has 0 aromatic heterocycles. The highest BCUT2D eigenvalue weighted by Gasteiger charge is 2.37. The third-order valence-corrected chi connectivity index (χ3v) is 5.50. The lowest BCUT2D eigenvalue weighted by Gasteiger charge is -2.21. The van der Waals surface area contributed by atoms with Crippen LogP contribution in [0.3, 0.4) is 0 Å². The van der Waals surface area contributed by atoms with Crippen molar-refractivity contribution in [3.63, 3.8) is 0 Å². The van der Waals surface area contributed by atoms with E-state index in [2.05, 4.69) is 10.3 Å². The first-order chi connectivity index (χ1) is 15.0. The first kappa shape index (κ1) is 19.1. The van der Waals surface area contributed by atoms with Crippen LogP contribution in [0.1, 0.15) is 27.0 Å². The van der Waals surface area contributed by atoms with Gasteiger partial charge in [0, 0.05) is 17.7 Å². The van der Waals surface area contributed by atoms with Gasteiger partial charge in [0.2, 0.25) is 6.17 Å². The van der Waals surface area contributed by atoms with Gasteiger partial charge < -0.3 is 10.2 Å². The van der Waals surface area contributed by atoms with Gasteiger partial charge in [-0.1, -0.05) is 48.5 Å². The molecule has 0 saturated carbocycles. The first-order valence-corrected chi connectivity index (χ1v) is 9.86. The lowest BCUT2D eigenvalue weighted by atomic mass is 9.98. The molecule has 5 rings (SSSR count). The van der Waals surface area contributed by atoms with Crippen LogP contribution in [0.25, 0.3) is 0 Å². The Kier molecular flexibility index (Phi) is 4.58. The molecular formula is C24H17F2N3O2. The van der Waals surface area contributed by atoms with Crippen molar-refractivity contribution < 1.29 is 18.4 Å². The predicted molar refractivity (Wildman–Crippen MR) is 112 cm³/mol. The molecule has 2 heterocycles. The van der Waals surface area contributed by atoms with Crippen molar-refractivity contribution in [1.29, 1.82) is 0 Å². The maximum absolute atomic E-state index is 14.1. The van der Waals surface area contributed by atoms with Crippen molar-refractivity contribution in [3.8, 4) is 0 Å². The fourth-order valence-corrected chi connectivity index (χ4v) is 4.06. The number of aliphatic imine (C=N–C) groups is 1. The zero-order valence-corrected chi connectivity index (χ0v) is 16.3. The molecule has 31 heavy (non-hydrogen) atoms. The lowest BCUT2D eigenvalue weighted by molar-refractivity contribution is -0.120. The number of rotatable bonds is 3. The summed E-state index contributed by atoms with van der Waals surface area (Å²) in [5.41, 5.74) is 3.46. The van der Waals surface area contributed by atoms with Crippen LogP contribution in [-0.4, -0.2) is 30.2 Å². The molecular weight excluding hydrogens is 400 g/mol. The second-order valence-electron chi connectivity index (χ2n) is 7.40. The first-order valence-electron chi connectivity index (χ1n) is 9.86. The van der Waals surface area contributed by atoms with Crippen LogP contribution in [0.5, 0.6) is 0 Å². The van der Waals surface area contributed by atoms with Crippen LogP contribution in [-0.2, 0) is 11.2 Å². The maximum Gasteiger partial charge on any atom is 0.272 e. The molecule has 5 nitrogen and oxygen atoms in total. The third kappa shape index (κ3) is 3.28. The molecule has 2 amide bonds. The number of carbonyl (C=O) groups excluding carboxylic acids is 2. The van der Waals surface area contributed by atoms with Crippen molar-refractivity contribution in [1.82, 2.24) is 5.32 Å². The second-order valence-corrected chi connectivity index (χ2v) is 7.40. The van der Waals surface area contributed by atoms with Gasteiger partial charge in [0.1, 0.15) is 11.6 Å². The van der Waals surface area contributed by atoms with E-state index in [9.17, 15) is 18.4 Å². The number of nitrogens with one attached hydrogen (secondary N) is 1. The van der Waals surface area contributed by atoms with Crippen molar-refractivity contribution in [2.24, 2.45) is 4.99 Å². The summed E-state index contributed by atoms with van der Waals surface area (Å²) in [5.74, 6) is -2.94. The zero-order valence-electron chi connectivity index (χ0n) is 16.3. The van der Waals surface area contributed by atoms with E-state index in [-0.39, 0.29) is 0 Å². The molecule has 7 heteroatoms. The van der Waals surface area contributed by atoms with E-state index >= 15 is 0 Å². The number of anilines is 1. The minimum atomic E-state index is -1.27. The number of para-hydroxylation sites is 1. The van der Waals surface area contributed by atoms with Crippen molar-refractivity contribution in [3.05, 3.63) is 101 Å². The highest BCUT2D eigenvalue weighted by atomic mass is 19.1. The summed E-state index contributed by atoms with van der Waals surface area (Å²) >= 11 is 0.